The van der Waals surface area contributed by atoms with E-state index >= 15 is 0 Å². The van der Waals surface area contributed by atoms with Crippen LogP contribution in [0.25, 0.3) is 16.8 Å². The Morgan fingerprint density at radius 3 is 2.56 bits per heavy atom. The number of aryl methyl sites for hydroxylation is 1. The van der Waals surface area contributed by atoms with E-state index in [-0.39, 0.29) is 6.42 Å². The van der Waals surface area contributed by atoms with Crippen LogP contribution in [-0.2, 0) is 17.6 Å². The highest BCUT2D eigenvalue weighted by molar-refractivity contribution is 7.16. The maximum atomic E-state index is 10.8. The fraction of sp³-hybridized carbons (Fsp3) is 0.190. The molecule has 27 heavy (non-hydrogen) atoms. The molecule has 0 aliphatic heterocycles. The molecular weight excluding hydrogens is 358 g/mol. The number of carboxylic acid groups (broad SMARTS) is 1. The SMILES string of the molecule is C=Cc1ccc(-c2nc(C)c(CC)c(Nc3ccc(CC(=O)O)cc3)n2)s1. The summed E-state index contributed by atoms with van der Waals surface area (Å²) >= 11 is 1.60. The minimum absolute atomic E-state index is 0.0151. The number of aliphatic carboxylic acids is 1. The van der Waals surface area contributed by atoms with Crippen LogP contribution in [0.1, 0.15) is 28.6 Å². The van der Waals surface area contributed by atoms with E-state index in [1.165, 1.54) is 0 Å². The van der Waals surface area contributed by atoms with E-state index in [1.807, 2.05) is 49.4 Å². The zero-order valence-corrected chi connectivity index (χ0v) is 16.1. The molecule has 2 aromatic heterocycles. The van der Waals surface area contributed by atoms with E-state index in [4.69, 9.17) is 10.1 Å². The van der Waals surface area contributed by atoms with Crippen LogP contribution in [0.15, 0.2) is 43.0 Å². The third kappa shape index (κ3) is 4.41. The Labute approximate surface area is 162 Å². The number of nitrogens with zero attached hydrogens (tertiary/aromatic N) is 2. The maximum absolute atomic E-state index is 10.8. The molecule has 0 atom stereocenters. The second kappa shape index (κ2) is 8.14. The summed E-state index contributed by atoms with van der Waals surface area (Å²) in [5.41, 5.74) is 3.63. The number of anilines is 2. The number of rotatable bonds is 7. The lowest BCUT2D eigenvalue weighted by molar-refractivity contribution is -0.136. The van der Waals surface area contributed by atoms with E-state index < -0.39 is 5.97 Å². The van der Waals surface area contributed by atoms with Crippen molar-refractivity contribution in [3.63, 3.8) is 0 Å². The first-order valence-corrected chi connectivity index (χ1v) is 9.49. The molecule has 2 N–H and O–H groups in total. The minimum Gasteiger partial charge on any atom is -0.481 e. The fourth-order valence-electron chi connectivity index (χ4n) is 2.83. The molecule has 0 radical (unpaired) electrons. The molecule has 0 saturated carbocycles. The molecule has 3 aromatic rings. The zero-order valence-electron chi connectivity index (χ0n) is 15.3. The molecule has 1 aromatic carbocycles. The van der Waals surface area contributed by atoms with Crippen LogP contribution >= 0.6 is 11.3 Å². The number of aromatic nitrogens is 2. The molecule has 2 heterocycles. The smallest absolute Gasteiger partial charge is 0.307 e. The lowest BCUT2D eigenvalue weighted by Crippen LogP contribution is -2.05. The third-order valence-electron chi connectivity index (χ3n) is 4.19. The number of benzene rings is 1. The van der Waals surface area contributed by atoms with Crippen molar-refractivity contribution >= 4 is 34.9 Å². The van der Waals surface area contributed by atoms with Gasteiger partial charge < -0.3 is 10.4 Å². The predicted molar refractivity (Wildman–Crippen MR) is 111 cm³/mol. The monoisotopic (exact) mass is 379 g/mol. The fourth-order valence-corrected chi connectivity index (χ4v) is 3.62. The minimum atomic E-state index is -0.838. The van der Waals surface area contributed by atoms with Gasteiger partial charge in [0.2, 0.25) is 0 Å². The van der Waals surface area contributed by atoms with Crippen LogP contribution in [0.4, 0.5) is 11.5 Å². The normalized spacial score (nSPS) is 10.6. The lowest BCUT2D eigenvalue weighted by Gasteiger charge is -2.14. The Hall–Kier alpha value is -2.99. The van der Waals surface area contributed by atoms with E-state index in [9.17, 15) is 4.79 Å². The van der Waals surface area contributed by atoms with Gasteiger partial charge in [0.15, 0.2) is 5.82 Å². The maximum Gasteiger partial charge on any atom is 0.307 e. The summed E-state index contributed by atoms with van der Waals surface area (Å²) in [4.78, 5) is 22.3. The van der Waals surface area contributed by atoms with Crippen LogP contribution in [0.5, 0.6) is 0 Å². The van der Waals surface area contributed by atoms with E-state index in [0.717, 1.165) is 44.5 Å². The Balaban J connectivity index is 1.93. The second-order valence-electron chi connectivity index (χ2n) is 6.11. The summed E-state index contributed by atoms with van der Waals surface area (Å²) in [6.45, 7) is 7.87. The van der Waals surface area contributed by atoms with Gasteiger partial charge >= 0.3 is 5.97 Å². The summed E-state index contributed by atoms with van der Waals surface area (Å²) in [6, 6.07) is 11.4. The topological polar surface area (TPSA) is 75.1 Å². The Morgan fingerprint density at radius 2 is 1.96 bits per heavy atom. The number of carbonyl (C=O) groups is 1. The molecule has 138 valence electrons. The standard InChI is InChI=1S/C21H21N3O2S/c1-4-16-10-11-18(27-16)21-22-13(3)17(5-2)20(24-21)23-15-8-6-14(7-9-15)12-19(25)26/h4,6-11H,1,5,12H2,2-3H3,(H,25,26)(H,22,23,24). The van der Waals surface area contributed by atoms with E-state index in [0.29, 0.717) is 5.82 Å². The van der Waals surface area contributed by atoms with E-state index in [1.54, 1.807) is 11.3 Å². The molecule has 0 spiro atoms. The largest absolute Gasteiger partial charge is 0.481 e. The van der Waals surface area contributed by atoms with Gasteiger partial charge in [-0.1, -0.05) is 31.7 Å². The first-order valence-electron chi connectivity index (χ1n) is 8.68. The molecule has 0 saturated heterocycles. The quantitative estimate of drug-likeness (QED) is 0.598. The summed E-state index contributed by atoms with van der Waals surface area (Å²) < 4.78 is 0. The number of hydrogen-bond donors (Lipinski definition) is 2. The first-order chi connectivity index (χ1) is 13.0. The van der Waals surface area contributed by atoms with Gasteiger partial charge in [0, 0.05) is 21.8 Å². The summed E-state index contributed by atoms with van der Waals surface area (Å²) in [5.74, 6) is 0.627. The average molecular weight is 379 g/mol. The van der Waals surface area contributed by atoms with Crippen LogP contribution in [0, 0.1) is 6.92 Å². The van der Waals surface area contributed by atoms with Crippen molar-refractivity contribution in [1.82, 2.24) is 9.97 Å². The molecule has 5 nitrogen and oxygen atoms in total. The van der Waals surface area contributed by atoms with Crippen molar-refractivity contribution < 1.29 is 9.90 Å². The van der Waals surface area contributed by atoms with Crippen LogP contribution in [0.2, 0.25) is 0 Å². The second-order valence-corrected chi connectivity index (χ2v) is 7.23. The number of nitrogens with one attached hydrogen (secondary N) is 1. The number of thiophene rings is 1. The highest BCUT2D eigenvalue weighted by Gasteiger charge is 2.13. The molecule has 6 heteroatoms. The number of hydrogen-bond acceptors (Lipinski definition) is 5. The van der Waals surface area contributed by atoms with Crippen LogP contribution in [0.3, 0.4) is 0 Å². The average Bonchev–Trinajstić information content (AvgIpc) is 3.12. The van der Waals surface area contributed by atoms with Crippen molar-refractivity contribution in [1.29, 1.82) is 0 Å². The zero-order chi connectivity index (χ0) is 19.4. The summed E-state index contributed by atoms with van der Waals surface area (Å²) in [5, 5.41) is 12.3. The predicted octanol–water partition coefficient (Wildman–Crippen LogP) is 5.09. The Morgan fingerprint density at radius 1 is 1.22 bits per heavy atom. The van der Waals surface area contributed by atoms with Gasteiger partial charge in [-0.15, -0.1) is 11.3 Å². The molecule has 0 aliphatic rings. The highest BCUT2D eigenvalue weighted by Crippen LogP contribution is 2.30. The highest BCUT2D eigenvalue weighted by atomic mass is 32.1. The Bertz CT molecular complexity index is 978. The van der Waals surface area contributed by atoms with Crippen molar-refractivity contribution in [2.45, 2.75) is 26.7 Å². The molecule has 3 rings (SSSR count). The molecule has 0 fully saturated rings. The van der Waals surface area contributed by atoms with Crippen molar-refractivity contribution in [3.8, 4) is 10.7 Å². The van der Waals surface area contributed by atoms with Gasteiger partial charge in [-0.05, 0) is 43.2 Å². The molecular formula is C21H21N3O2S. The molecule has 0 amide bonds. The van der Waals surface area contributed by atoms with E-state index in [2.05, 4.69) is 23.8 Å². The van der Waals surface area contributed by atoms with Crippen molar-refractivity contribution in [3.05, 3.63) is 64.7 Å². The van der Waals surface area contributed by atoms with Crippen molar-refractivity contribution in [2.75, 3.05) is 5.32 Å². The van der Waals surface area contributed by atoms with Gasteiger partial charge in [0.25, 0.3) is 0 Å². The Kier molecular flexibility index (Phi) is 5.66. The van der Waals surface area contributed by atoms with Gasteiger partial charge in [-0.2, -0.15) is 0 Å². The van der Waals surface area contributed by atoms with Crippen LogP contribution < -0.4 is 5.32 Å². The van der Waals surface area contributed by atoms with Gasteiger partial charge in [0.1, 0.15) is 5.82 Å². The van der Waals surface area contributed by atoms with Gasteiger partial charge in [-0.25, -0.2) is 9.97 Å². The molecule has 0 aliphatic carbocycles. The third-order valence-corrected chi connectivity index (χ3v) is 5.26. The number of carboxylic acids is 1. The summed E-state index contributed by atoms with van der Waals surface area (Å²) in [7, 11) is 0. The van der Waals surface area contributed by atoms with Gasteiger partial charge in [0.05, 0.1) is 11.3 Å². The molecule has 0 bridgehead atoms. The molecule has 0 unspecified atom stereocenters. The summed E-state index contributed by atoms with van der Waals surface area (Å²) in [6.07, 6.45) is 2.65. The van der Waals surface area contributed by atoms with Crippen LogP contribution in [-0.4, -0.2) is 21.0 Å². The van der Waals surface area contributed by atoms with Crippen molar-refractivity contribution in [2.24, 2.45) is 0 Å². The first kappa shape index (κ1) is 18.8. The van der Waals surface area contributed by atoms with Gasteiger partial charge in [-0.3, -0.25) is 4.79 Å². The lowest BCUT2D eigenvalue weighted by atomic mass is 10.1.